The van der Waals surface area contributed by atoms with Crippen molar-refractivity contribution in [3.63, 3.8) is 0 Å². The predicted octanol–water partition coefficient (Wildman–Crippen LogP) is 2.59. The van der Waals surface area contributed by atoms with Crippen molar-refractivity contribution in [1.29, 1.82) is 0 Å². The predicted molar refractivity (Wildman–Crippen MR) is 57.4 cm³/mol. The van der Waals surface area contributed by atoms with Crippen LogP contribution in [-0.2, 0) is 0 Å². The van der Waals surface area contributed by atoms with Gasteiger partial charge < -0.3 is 9.47 Å². The zero-order chi connectivity index (χ0) is 10.7. The van der Waals surface area contributed by atoms with Gasteiger partial charge in [-0.15, -0.1) is 0 Å². The summed E-state index contributed by atoms with van der Waals surface area (Å²) in [7, 11) is 3.09. The van der Waals surface area contributed by atoms with Crippen molar-refractivity contribution >= 4 is 22.2 Å². The third-order valence-corrected chi connectivity index (χ3v) is 2.76. The van der Waals surface area contributed by atoms with E-state index in [-0.39, 0.29) is 0 Å². The van der Waals surface area contributed by atoms with Crippen LogP contribution in [0.3, 0.4) is 0 Å². The third-order valence-electron chi connectivity index (χ3n) is 1.95. The first-order chi connectivity index (χ1) is 6.65. The van der Waals surface area contributed by atoms with E-state index in [1.807, 2.05) is 13.0 Å². The Morgan fingerprint density at radius 3 is 2.43 bits per heavy atom. The van der Waals surface area contributed by atoms with Crippen LogP contribution in [0.5, 0.6) is 11.5 Å². The van der Waals surface area contributed by atoms with Gasteiger partial charge in [0.1, 0.15) is 11.5 Å². The maximum atomic E-state index is 10.9. The summed E-state index contributed by atoms with van der Waals surface area (Å²) < 4.78 is 10.9. The summed E-state index contributed by atoms with van der Waals surface area (Å²) in [5, 5.41) is 0. The highest BCUT2D eigenvalue weighted by Crippen LogP contribution is 2.36. The maximum Gasteiger partial charge on any atom is 0.155 e. The zero-order valence-electron chi connectivity index (χ0n) is 8.26. The molecule has 0 bridgehead atoms. The lowest BCUT2D eigenvalue weighted by Crippen LogP contribution is -1.97. The van der Waals surface area contributed by atoms with Crippen LogP contribution in [0.15, 0.2) is 10.5 Å². The second-order valence-corrected chi connectivity index (χ2v) is 3.57. The van der Waals surface area contributed by atoms with Crippen molar-refractivity contribution in [2.45, 2.75) is 6.92 Å². The molecule has 1 rings (SSSR count). The number of ether oxygens (including phenoxy) is 2. The minimum Gasteiger partial charge on any atom is -0.496 e. The Bertz CT molecular complexity index is 361. The third kappa shape index (κ3) is 1.75. The number of carbonyl (C=O) groups excluding carboxylic acids is 1. The summed E-state index contributed by atoms with van der Waals surface area (Å²) in [6.07, 6.45) is 0.748. The molecule has 0 amide bonds. The molecule has 76 valence electrons. The molecule has 0 aromatic heterocycles. The monoisotopic (exact) mass is 258 g/mol. The highest BCUT2D eigenvalue weighted by Gasteiger charge is 2.14. The van der Waals surface area contributed by atoms with Crippen molar-refractivity contribution in [2.24, 2.45) is 0 Å². The van der Waals surface area contributed by atoms with Gasteiger partial charge in [-0.1, -0.05) is 0 Å². The van der Waals surface area contributed by atoms with Crippen LogP contribution in [0.1, 0.15) is 15.9 Å². The molecule has 0 aliphatic rings. The van der Waals surface area contributed by atoms with E-state index in [1.165, 1.54) is 7.11 Å². The van der Waals surface area contributed by atoms with Crippen molar-refractivity contribution in [1.82, 2.24) is 0 Å². The molecule has 0 atom stereocenters. The Balaban J connectivity index is 3.47. The first kappa shape index (κ1) is 11.0. The fourth-order valence-corrected chi connectivity index (χ4v) is 1.84. The van der Waals surface area contributed by atoms with Crippen LogP contribution < -0.4 is 9.47 Å². The van der Waals surface area contributed by atoms with Gasteiger partial charge in [-0.3, -0.25) is 4.79 Å². The number of hydrogen-bond acceptors (Lipinski definition) is 3. The van der Waals surface area contributed by atoms with Gasteiger partial charge in [0, 0.05) is 0 Å². The molecule has 0 saturated carbocycles. The van der Waals surface area contributed by atoms with E-state index >= 15 is 0 Å². The standard InChI is InChI=1S/C10H11BrO3/c1-6-4-8(13-2)9(11)7(5-12)10(6)14-3/h4-5H,1-3H3. The number of aldehydes is 1. The van der Waals surface area contributed by atoms with Crippen molar-refractivity contribution in [3.8, 4) is 11.5 Å². The number of halogens is 1. The Labute approximate surface area is 91.1 Å². The SMILES string of the molecule is COc1cc(C)c(OC)c(C=O)c1Br. The van der Waals surface area contributed by atoms with Crippen molar-refractivity contribution in [2.75, 3.05) is 14.2 Å². The molecule has 1 aromatic rings. The molecule has 1 aromatic carbocycles. The fourth-order valence-electron chi connectivity index (χ4n) is 1.30. The molecular weight excluding hydrogens is 248 g/mol. The summed E-state index contributed by atoms with van der Waals surface area (Å²) in [5.74, 6) is 1.21. The van der Waals surface area contributed by atoms with E-state index in [4.69, 9.17) is 9.47 Å². The Kier molecular flexibility index (Phi) is 3.52. The van der Waals surface area contributed by atoms with Gasteiger partial charge >= 0.3 is 0 Å². The Morgan fingerprint density at radius 2 is 2.00 bits per heavy atom. The van der Waals surface area contributed by atoms with Gasteiger partial charge in [-0.2, -0.15) is 0 Å². The highest BCUT2D eigenvalue weighted by atomic mass is 79.9. The van der Waals surface area contributed by atoms with E-state index in [1.54, 1.807) is 7.11 Å². The zero-order valence-corrected chi connectivity index (χ0v) is 9.84. The summed E-state index contributed by atoms with van der Waals surface area (Å²) in [6, 6.07) is 1.82. The van der Waals surface area contributed by atoms with Gasteiger partial charge in [0.05, 0.1) is 24.3 Å². The summed E-state index contributed by atoms with van der Waals surface area (Å²) in [5.41, 5.74) is 1.35. The second-order valence-electron chi connectivity index (χ2n) is 2.77. The van der Waals surface area contributed by atoms with Crippen molar-refractivity contribution in [3.05, 3.63) is 21.7 Å². The van der Waals surface area contributed by atoms with E-state index < -0.39 is 0 Å². The number of carbonyl (C=O) groups is 1. The molecule has 14 heavy (non-hydrogen) atoms. The molecule has 0 spiro atoms. The van der Waals surface area contributed by atoms with E-state index in [0.717, 1.165) is 11.8 Å². The molecular formula is C10H11BrO3. The molecule has 4 heteroatoms. The molecule has 3 nitrogen and oxygen atoms in total. The maximum absolute atomic E-state index is 10.9. The van der Waals surface area contributed by atoms with Crippen LogP contribution in [0.2, 0.25) is 0 Å². The largest absolute Gasteiger partial charge is 0.496 e. The van der Waals surface area contributed by atoms with Crippen LogP contribution >= 0.6 is 15.9 Å². The van der Waals surface area contributed by atoms with Crippen LogP contribution in [0.4, 0.5) is 0 Å². The topological polar surface area (TPSA) is 35.5 Å². The highest BCUT2D eigenvalue weighted by molar-refractivity contribution is 9.10. The summed E-state index contributed by atoms with van der Waals surface area (Å²) >= 11 is 3.29. The summed E-state index contributed by atoms with van der Waals surface area (Å²) in [4.78, 5) is 10.9. The molecule has 0 radical (unpaired) electrons. The molecule has 0 heterocycles. The lowest BCUT2D eigenvalue weighted by Gasteiger charge is -2.12. The quantitative estimate of drug-likeness (QED) is 0.782. The Hall–Kier alpha value is -1.03. The van der Waals surface area contributed by atoms with Gasteiger partial charge in [0.25, 0.3) is 0 Å². The average molecular weight is 259 g/mol. The normalized spacial score (nSPS) is 9.71. The van der Waals surface area contributed by atoms with E-state index in [9.17, 15) is 4.79 Å². The minimum absolute atomic E-state index is 0.476. The fraction of sp³-hybridized carbons (Fsp3) is 0.300. The number of benzene rings is 1. The number of rotatable bonds is 3. The first-order valence-electron chi connectivity index (χ1n) is 4.02. The van der Waals surface area contributed by atoms with Gasteiger partial charge in [-0.25, -0.2) is 0 Å². The molecule has 0 aliphatic heterocycles. The number of hydrogen-bond donors (Lipinski definition) is 0. The number of aryl methyl sites for hydroxylation is 1. The van der Waals surface area contributed by atoms with E-state index in [2.05, 4.69) is 15.9 Å². The minimum atomic E-state index is 0.476. The molecule has 0 N–H and O–H groups in total. The average Bonchev–Trinajstić information content (AvgIpc) is 2.20. The smallest absolute Gasteiger partial charge is 0.155 e. The number of methoxy groups -OCH3 is 2. The van der Waals surface area contributed by atoms with E-state index in [0.29, 0.717) is 21.5 Å². The molecule has 0 fully saturated rings. The van der Waals surface area contributed by atoms with Gasteiger partial charge in [-0.05, 0) is 34.5 Å². The lowest BCUT2D eigenvalue weighted by atomic mass is 10.1. The van der Waals surface area contributed by atoms with Gasteiger partial charge in [0.15, 0.2) is 6.29 Å². The van der Waals surface area contributed by atoms with Gasteiger partial charge in [0.2, 0.25) is 0 Å². The first-order valence-corrected chi connectivity index (χ1v) is 4.81. The van der Waals surface area contributed by atoms with Crippen LogP contribution in [0, 0.1) is 6.92 Å². The molecule has 0 aliphatic carbocycles. The second kappa shape index (κ2) is 4.46. The molecule has 0 unspecified atom stereocenters. The summed E-state index contributed by atoms with van der Waals surface area (Å²) in [6.45, 7) is 1.86. The van der Waals surface area contributed by atoms with Crippen LogP contribution in [0.25, 0.3) is 0 Å². The van der Waals surface area contributed by atoms with Crippen LogP contribution in [-0.4, -0.2) is 20.5 Å². The molecule has 0 saturated heterocycles. The lowest BCUT2D eigenvalue weighted by molar-refractivity contribution is 0.111. The Morgan fingerprint density at radius 1 is 1.36 bits per heavy atom. The van der Waals surface area contributed by atoms with Crippen molar-refractivity contribution < 1.29 is 14.3 Å².